The summed E-state index contributed by atoms with van der Waals surface area (Å²) in [5.74, 6) is 0.455. The molecule has 114 valence electrons. The maximum Gasteiger partial charge on any atom is 0.162 e. The fourth-order valence-corrected chi connectivity index (χ4v) is 4.66. The fraction of sp³-hybridized carbons (Fsp3) is 0.769. The van der Waals surface area contributed by atoms with Crippen LogP contribution in [0, 0.1) is 0 Å². The molecule has 0 aromatic carbocycles. The van der Waals surface area contributed by atoms with E-state index in [-0.39, 0.29) is 0 Å². The minimum absolute atomic E-state index is 0.413. The van der Waals surface area contributed by atoms with Crippen LogP contribution < -0.4 is 4.74 Å². The monoisotopic (exact) mass is 302 g/mol. The van der Waals surface area contributed by atoms with E-state index in [1.165, 1.54) is 13.4 Å². The van der Waals surface area contributed by atoms with Gasteiger partial charge in [-0.2, -0.15) is 5.10 Å². The Balaban J connectivity index is 2.55. The first kappa shape index (κ1) is 15.3. The number of rotatable bonds is 5. The summed E-state index contributed by atoms with van der Waals surface area (Å²) >= 11 is 0. The molecule has 0 radical (unpaired) electrons. The molecule has 6 nitrogen and oxygen atoms in total. The van der Waals surface area contributed by atoms with Gasteiger partial charge in [0.05, 0.1) is 18.6 Å². The van der Waals surface area contributed by atoms with Crippen molar-refractivity contribution in [1.82, 2.24) is 9.78 Å². The van der Waals surface area contributed by atoms with Crippen LogP contribution in [-0.4, -0.2) is 41.9 Å². The normalized spacial score (nSPS) is 26.9. The van der Waals surface area contributed by atoms with Crippen molar-refractivity contribution >= 4 is 9.84 Å². The number of sulfone groups is 1. The molecule has 0 spiro atoms. The Kier molecular flexibility index (Phi) is 4.11. The smallest absolute Gasteiger partial charge is 0.162 e. The zero-order chi connectivity index (χ0) is 15.0. The average molecular weight is 302 g/mol. The molecule has 1 saturated carbocycles. The molecule has 2 rings (SSSR count). The van der Waals surface area contributed by atoms with Gasteiger partial charge in [-0.1, -0.05) is 6.92 Å². The van der Waals surface area contributed by atoms with E-state index in [4.69, 9.17) is 4.74 Å². The van der Waals surface area contributed by atoms with Gasteiger partial charge in [0.1, 0.15) is 11.3 Å². The minimum atomic E-state index is -3.34. The second-order valence-corrected chi connectivity index (χ2v) is 7.65. The second kappa shape index (κ2) is 5.37. The van der Waals surface area contributed by atoms with E-state index < -0.39 is 20.7 Å². The van der Waals surface area contributed by atoms with E-state index in [1.807, 2.05) is 6.92 Å². The van der Waals surface area contributed by atoms with Gasteiger partial charge in [0.2, 0.25) is 0 Å². The quantitative estimate of drug-likeness (QED) is 0.880. The maximum absolute atomic E-state index is 12.0. The molecule has 1 aliphatic rings. The van der Waals surface area contributed by atoms with Crippen molar-refractivity contribution < 1.29 is 18.3 Å². The van der Waals surface area contributed by atoms with E-state index in [0.29, 0.717) is 37.3 Å². The molecule has 0 amide bonds. The van der Waals surface area contributed by atoms with Gasteiger partial charge < -0.3 is 9.84 Å². The maximum atomic E-state index is 12.0. The summed E-state index contributed by atoms with van der Waals surface area (Å²) in [5, 5.41) is 14.5. The number of ether oxygens (including phenoxy) is 1. The number of aliphatic hydroxyl groups is 1. The highest BCUT2D eigenvalue weighted by Gasteiger charge is 2.51. The minimum Gasteiger partial charge on any atom is -0.493 e. The van der Waals surface area contributed by atoms with Crippen molar-refractivity contribution in [2.45, 2.75) is 50.0 Å². The Hall–Kier alpha value is -1.08. The van der Waals surface area contributed by atoms with Crippen LogP contribution in [0.15, 0.2) is 6.20 Å². The predicted molar refractivity (Wildman–Crippen MR) is 75.4 cm³/mol. The summed E-state index contributed by atoms with van der Waals surface area (Å²) in [6.45, 7) is 2.63. The fourth-order valence-electron chi connectivity index (χ4n) is 3.13. The number of hydrogen-bond donors (Lipinski definition) is 1. The Morgan fingerprint density at radius 2 is 2.30 bits per heavy atom. The van der Waals surface area contributed by atoms with Gasteiger partial charge in [-0.05, 0) is 25.7 Å². The largest absolute Gasteiger partial charge is 0.493 e. The van der Waals surface area contributed by atoms with Crippen molar-refractivity contribution in [1.29, 1.82) is 0 Å². The van der Waals surface area contributed by atoms with Crippen molar-refractivity contribution in [3.8, 4) is 5.75 Å². The Labute approximate surface area is 119 Å². The van der Waals surface area contributed by atoms with Gasteiger partial charge in [0.25, 0.3) is 0 Å². The van der Waals surface area contributed by atoms with Gasteiger partial charge in [0, 0.05) is 12.8 Å². The molecular weight excluding hydrogens is 280 g/mol. The van der Waals surface area contributed by atoms with Crippen LogP contribution in [0.25, 0.3) is 0 Å². The van der Waals surface area contributed by atoms with Crippen LogP contribution in [0.2, 0.25) is 0 Å². The highest BCUT2D eigenvalue weighted by atomic mass is 32.2. The van der Waals surface area contributed by atoms with Gasteiger partial charge in [-0.15, -0.1) is 0 Å². The lowest BCUT2D eigenvalue weighted by molar-refractivity contribution is 0.0355. The number of hydrogen-bond acceptors (Lipinski definition) is 5. The third kappa shape index (κ3) is 2.44. The van der Waals surface area contributed by atoms with Gasteiger partial charge in [0.15, 0.2) is 15.6 Å². The van der Waals surface area contributed by atoms with Crippen LogP contribution in [0.3, 0.4) is 0 Å². The first-order chi connectivity index (χ1) is 9.34. The van der Waals surface area contributed by atoms with Gasteiger partial charge in [-0.3, -0.25) is 4.68 Å². The van der Waals surface area contributed by atoms with Crippen LogP contribution in [0.1, 0.15) is 38.3 Å². The predicted octanol–water partition coefficient (Wildman–Crippen LogP) is 1.09. The summed E-state index contributed by atoms with van der Waals surface area (Å²) in [6, 6.07) is 0. The number of nitrogens with zero attached hydrogens (tertiary/aromatic N) is 2. The molecule has 0 aliphatic heterocycles. The van der Waals surface area contributed by atoms with Crippen LogP contribution in [0.5, 0.6) is 5.75 Å². The summed E-state index contributed by atoms with van der Waals surface area (Å²) in [5.41, 5.74) is -0.917. The van der Waals surface area contributed by atoms with Crippen molar-refractivity contribution in [3.63, 3.8) is 0 Å². The van der Waals surface area contributed by atoms with Crippen molar-refractivity contribution in [2.75, 3.05) is 13.4 Å². The van der Waals surface area contributed by atoms with E-state index in [9.17, 15) is 13.5 Å². The molecule has 2 atom stereocenters. The Morgan fingerprint density at radius 1 is 1.60 bits per heavy atom. The molecule has 1 heterocycles. The lowest BCUT2D eigenvalue weighted by atomic mass is 9.96. The topological polar surface area (TPSA) is 81.4 Å². The third-order valence-electron chi connectivity index (χ3n) is 3.94. The van der Waals surface area contributed by atoms with E-state index in [1.54, 1.807) is 10.9 Å². The summed E-state index contributed by atoms with van der Waals surface area (Å²) in [4.78, 5) is 0. The lowest BCUT2D eigenvalue weighted by Gasteiger charge is -2.30. The summed E-state index contributed by atoms with van der Waals surface area (Å²) < 4.78 is 30.9. The number of aryl methyl sites for hydroxylation is 1. The Morgan fingerprint density at radius 3 is 2.85 bits per heavy atom. The van der Waals surface area contributed by atoms with Gasteiger partial charge >= 0.3 is 0 Å². The molecule has 7 heteroatoms. The highest BCUT2D eigenvalue weighted by molar-refractivity contribution is 7.91. The molecule has 1 fully saturated rings. The third-order valence-corrected chi connectivity index (χ3v) is 5.60. The zero-order valence-corrected chi connectivity index (χ0v) is 13.0. The van der Waals surface area contributed by atoms with Crippen LogP contribution in [-0.2, 0) is 22.0 Å². The summed E-state index contributed by atoms with van der Waals surface area (Å²) in [7, 11) is -1.84. The van der Waals surface area contributed by atoms with E-state index in [0.717, 1.165) is 6.42 Å². The standard InChI is InChI=1S/C13H22N2O4S/c1-4-8-15-12(10(19-2)9-14-15)13(16)7-5-6-11(13)20(3,17)18/h9,11,16H,4-8H2,1-3H3. The van der Waals surface area contributed by atoms with Crippen molar-refractivity contribution in [2.24, 2.45) is 0 Å². The van der Waals surface area contributed by atoms with Crippen LogP contribution in [0.4, 0.5) is 0 Å². The molecule has 0 bridgehead atoms. The van der Waals surface area contributed by atoms with Crippen molar-refractivity contribution in [3.05, 3.63) is 11.9 Å². The molecule has 2 unspecified atom stereocenters. The Bertz CT molecular complexity index is 581. The average Bonchev–Trinajstić information content (AvgIpc) is 2.93. The second-order valence-electron chi connectivity index (χ2n) is 5.42. The molecular formula is C13H22N2O4S. The van der Waals surface area contributed by atoms with E-state index >= 15 is 0 Å². The lowest BCUT2D eigenvalue weighted by Crippen LogP contribution is -2.41. The first-order valence-electron chi connectivity index (χ1n) is 6.86. The molecule has 1 aromatic rings. The number of aromatic nitrogens is 2. The first-order valence-corrected chi connectivity index (χ1v) is 8.81. The van der Waals surface area contributed by atoms with E-state index in [2.05, 4.69) is 5.10 Å². The molecule has 1 N–H and O–H groups in total. The van der Waals surface area contributed by atoms with Crippen LogP contribution >= 0.6 is 0 Å². The molecule has 1 aromatic heterocycles. The van der Waals surface area contributed by atoms with Gasteiger partial charge in [-0.25, -0.2) is 8.42 Å². The molecule has 20 heavy (non-hydrogen) atoms. The number of methoxy groups -OCH3 is 1. The molecule has 0 saturated heterocycles. The summed E-state index contributed by atoms with van der Waals surface area (Å²) in [6.07, 6.45) is 5.13. The SMILES string of the molecule is CCCn1ncc(OC)c1C1(O)CCCC1S(C)(=O)=O. The zero-order valence-electron chi connectivity index (χ0n) is 12.2. The molecule has 1 aliphatic carbocycles. The highest BCUT2D eigenvalue weighted by Crippen LogP contribution is 2.45.